The van der Waals surface area contributed by atoms with Crippen molar-refractivity contribution in [3.63, 3.8) is 0 Å². The van der Waals surface area contributed by atoms with Gasteiger partial charge >= 0.3 is 0 Å². The highest BCUT2D eigenvalue weighted by atomic mass is 16.5. The van der Waals surface area contributed by atoms with Crippen molar-refractivity contribution in [2.24, 2.45) is 0 Å². The zero-order valence-corrected chi connectivity index (χ0v) is 11.4. The van der Waals surface area contributed by atoms with Gasteiger partial charge in [0.15, 0.2) is 0 Å². The van der Waals surface area contributed by atoms with Crippen LogP contribution in [0.5, 0.6) is 5.75 Å². The molecule has 4 rings (SSSR count). The van der Waals surface area contributed by atoms with Crippen molar-refractivity contribution in [1.82, 2.24) is 9.38 Å². The van der Waals surface area contributed by atoms with Crippen LogP contribution in [0.1, 0.15) is 5.56 Å². The highest BCUT2D eigenvalue weighted by molar-refractivity contribution is 5.93. The summed E-state index contributed by atoms with van der Waals surface area (Å²) in [5.41, 5.74) is 5.64. The van der Waals surface area contributed by atoms with E-state index in [2.05, 4.69) is 46.6 Å². The van der Waals surface area contributed by atoms with E-state index in [0.29, 0.717) is 0 Å². The Morgan fingerprint density at radius 3 is 2.70 bits per heavy atom. The number of aromatic nitrogens is 2. The van der Waals surface area contributed by atoms with Crippen LogP contribution in [0.25, 0.3) is 27.5 Å². The van der Waals surface area contributed by atoms with Gasteiger partial charge in [0.1, 0.15) is 5.75 Å². The molecule has 0 spiro atoms. The lowest BCUT2D eigenvalue weighted by molar-refractivity contribution is 0.415. The fourth-order valence-electron chi connectivity index (χ4n) is 2.78. The molecule has 0 aliphatic rings. The van der Waals surface area contributed by atoms with E-state index < -0.39 is 0 Å². The maximum atomic E-state index is 5.27. The Morgan fingerprint density at radius 1 is 1.00 bits per heavy atom. The fourth-order valence-corrected chi connectivity index (χ4v) is 2.78. The summed E-state index contributed by atoms with van der Waals surface area (Å²) < 4.78 is 7.52. The molecule has 2 aromatic carbocycles. The molecule has 0 unspecified atom stereocenters. The molecule has 4 aromatic rings. The Kier molecular flexibility index (Phi) is 2.24. The minimum Gasteiger partial charge on any atom is -0.497 e. The Balaban J connectivity index is 2.19. The van der Waals surface area contributed by atoms with E-state index in [-0.39, 0.29) is 0 Å². The van der Waals surface area contributed by atoms with Crippen LogP contribution in [-0.4, -0.2) is 16.5 Å². The number of benzene rings is 2. The minimum absolute atomic E-state index is 0.830. The van der Waals surface area contributed by atoms with Crippen LogP contribution >= 0.6 is 0 Å². The van der Waals surface area contributed by atoms with E-state index in [9.17, 15) is 0 Å². The molecule has 0 saturated heterocycles. The molecule has 2 aromatic heterocycles. The number of fused-ring (bicyclic) bond motifs is 5. The lowest BCUT2D eigenvalue weighted by atomic mass is 10.2. The van der Waals surface area contributed by atoms with E-state index in [1.807, 2.05) is 18.3 Å². The van der Waals surface area contributed by atoms with Gasteiger partial charge in [0, 0.05) is 11.5 Å². The Bertz CT molecular complexity index is 953. The summed E-state index contributed by atoms with van der Waals surface area (Å²) in [6, 6.07) is 14.7. The maximum Gasteiger partial charge on any atom is 0.121 e. The smallest absolute Gasteiger partial charge is 0.121 e. The number of nitrogens with zero attached hydrogens (tertiary/aromatic N) is 2. The topological polar surface area (TPSA) is 26.5 Å². The second kappa shape index (κ2) is 3.97. The van der Waals surface area contributed by atoms with Gasteiger partial charge in [0.25, 0.3) is 0 Å². The molecule has 98 valence electrons. The predicted molar refractivity (Wildman–Crippen MR) is 81.5 cm³/mol. The zero-order chi connectivity index (χ0) is 13.7. The molecular formula is C17H14N2O. The third-order valence-corrected chi connectivity index (χ3v) is 3.74. The van der Waals surface area contributed by atoms with Crippen LogP contribution in [0, 0.1) is 6.92 Å². The molecule has 20 heavy (non-hydrogen) atoms. The summed E-state index contributed by atoms with van der Waals surface area (Å²) in [5.74, 6) is 0.830. The average molecular weight is 262 g/mol. The minimum atomic E-state index is 0.830. The van der Waals surface area contributed by atoms with Gasteiger partial charge < -0.3 is 9.14 Å². The molecular weight excluding hydrogens is 248 g/mol. The summed E-state index contributed by atoms with van der Waals surface area (Å²) in [4.78, 5) is 4.53. The number of rotatable bonds is 1. The maximum absolute atomic E-state index is 5.27. The second-order valence-electron chi connectivity index (χ2n) is 5.08. The lowest BCUT2D eigenvalue weighted by Gasteiger charge is -2.06. The molecule has 0 saturated carbocycles. The van der Waals surface area contributed by atoms with Gasteiger partial charge in [-0.25, -0.2) is 0 Å². The third kappa shape index (κ3) is 1.50. The van der Waals surface area contributed by atoms with Crippen LogP contribution in [0.4, 0.5) is 0 Å². The van der Waals surface area contributed by atoms with Gasteiger partial charge in [-0.15, -0.1) is 0 Å². The number of methoxy groups -OCH3 is 1. The first-order valence-electron chi connectivity index (χ1n) is 6.61. The molecule has 3 heteroatoms. The van der Waals surface area contributed by atoms with Crippen LogP contribution in [0.15, 0.2) is 48.7 Å². The van der Waals surface area contributed by atoms with Gasteiger partial charge in [0.05, 0.1) is 35.4 Å². The summed E-state index contributed by atoms with van der Waals surface area (Å²) in [7, 11) is 1.67. The van der Waals surface area contributed by atoms with Crippen molar-refractivity contribution in [2.45, 2.75) is 6.92 Å². The molecule has 2 heterocycles. The monoisotopic (exact) mass is 262 g/mol. The first kappa shape index (κ1) is 11.3. The summed E-state index contributed by atoms with van der Waals surface area (Å²) in [6.45, 7) is 2.11. The number of hydrogen-bond acceptors (Lipinski definition) is 2. The number of hydrogen-bond donors (Lipinski definition) is 0. The van der Waals surface area contributed by atoms with E-state index in [0.717, 1.165) is 22.3 Å². The molecule has 0 amide bonds. The van der Waals surface area contributed by atoms with Gasteiger partial charge in [-0.3, -0.25) is 4.98 Å². The van der Waals surface area contributed by atoms with Crippen molar-refractivity contribution in [3.05, 3.63) is 54.2 Å². The Hall–Kier alpha value is -2.55. The molecule has 3 nitrogen and oxygen atoms in total. The third-order valence-electron chi connectivity index (χ3n) is 3.74. The van der Waals surface area contributed by atoms with Crippen molar-refractivity contribution in [1.29, 1.82) is 0 Å². The van der Waals surface area contributed by atoms with E-state index in [4.69, 9.17) is 4.74 Å². The first-order chi connectivity index (χ1) is 9.76. The summed E-state index contributed by atoms with van der Waals surface area (Å²) >= 11 is 0. The van der Waals surface area contributed by atoms with Crippen LogP contribution in [0.2, 0.25) is 0 Å². The molecule has 0 radical (unpaired) electrons. The van der Waals surface area contributed by atoms with Crippen LogP contribution < -0.4 is 4.74 Å². The number of aryl methyl sites for hydroxylation is 1. The predicted octanol–water partition coefficient (Wildman–Crippen LogP) is 3.96. The average Bonchev–Trinajstić information content (AvgIpc) is 2.84. The Morgan fingerprint density at radius 2 is 1.85 bits per heavy atom. The SMILES string of the molecule is COc1ccc2c(c1)ncc1cc3cc(C)ccc3n12. The van der Waals surface area contributed by atoms with Crippen molar-refractivity contribution in [2.75, 3.05) is 7.11 Å². The standard InChI is InChI=1S/C17H14N2O/c1-11-3-5-16-12(7-11)8-13-10-18-15-9-14(20-2)4-6-17(15)19(13)16/h3-10H,1-2H3. The normalized spacial score (nSPS) is 11.5. The van der Waals surface area contributed by atoms with Gasteiger partial charge in [0.2, 0.25) is 0 Å². The highest BCUT2D eigenvalue weighted by Gasteiger charge is 2.07. The molecule has 0 atom stereocenters. The summed E-state index contributed by atoms with van der Waals surface area (Å²) in [5, 5.41) is 1.25. The summed E-state index contributed by atoms with van der Waals surface area (Å²) in [6.07, 6.45) is 1.91. The fraction of sp³-hybridized carbons (Fsp3) is 0.118. The van der Waals surface area contributed by atoms with Crippen molar-refractivity contribution >= 4 is 27.5 Å². The first-order valence-corrected chi connectivity index (χ1v) is 6.61. The van der Waals surface area contributed by atoms with Crippen molar-refractivity contribution < 1.29 is 4.74 Å². The quantitative estimate of drug-likeness (QED) is 0.519. The molecule has 0 fully saturated rings. The second-order valence-corrected chi connectivity index (χ2v) is 5.08. The van der Waals surface area contributed by atoms with E-state index in [1.54, 1.807) is 7.11 Å². The molecule has 0 N–H and O–H groups in total. The van der Waals surface area contributed by atoms with Crippen LogP contribution in [0.3, 0.4) is 0 Å². The van der Waals surface area contributed by atoms with Crippen molar-refractivity contribution in [3.8, 4) is 5.75 Å². The van der Waals surface area contributed by atoms with Gasteiger partial charge in [-0.05, 0) is 37.3 Å². The van der Waals surface area contributed by atoms with E-state index >= 15 is 0 Å². The zero-order valence-electron chi connectivity index (χ0n) is 11.4. The molecule has 0 aliphatic heterocycles. The van der Waals surface area contributed by atoms with Gasteiger partial charge in [-0.1, -0.05) is 11.6 Å². The molecule has 0 bridgehead atoms. The Labute approximate surface area is 116 Å². The van der Waals surface area contributed by atoms with E-state index in [1.165, 1.54) is 16.5 Å². The highest BCUT2D eigenvalue weighted by Crippen LogP contribution is 2.27. The lowest BCUT2D eigenvalue weighted by Crippen LogP contribution is -1.91. The molecule has 0 aliphatic carbocycles. The largest absolute Gasteiger partial charge is 0.497 e. The number of ether oxygens (including phenoxy) is 1. The van der Waals surface area contributed by atoms with Crippen LogP contribution in [-0.2, 0) is 0 Å². The van der Waals surface area contributed by atoms with Gasteiger partial charge in [-0.2, -0.15) is 0 Å².